The van der Waals surface area contributed by atoms with Crippen LogP contribution in [0.5, 0.6) is 0 Å². The summed E-state index contributed by atoms with van der Waals surface area (Å²) in [6.07, 6.45) is 7.05. The molecular weight excluding hydrogens is 330 g/mol. The number of benzene rings is 2. The van der Waals surface area contributed by atoms with E-state index in [0.717, 1.165) is 24.8 Å². The molecule has 1 unspecified atom stereocenters. The van der Waals surface area contributed by atoms with Crippen molar-refractivity contribution in [2.75, 3.05) is 0 Å². The van der Waals surface area contributed by atoms with Crippen molar-refractivity contribution in [3.63, 3.8) is 0 Å². The summed E-state index contributed by atoms with van der Waals surface area (Å²) >= 11 is 0. The van der Waals surface area contributed by atoms with Gasteiger partial charge in [0.1, 0.15) is 6.26 Å². The molecule has 146 valence electrons. The van der Waals surface area contributed by atoms with Crippen LogP contribution in [0.15, 0.2) is 66.9 Å². The molecule has 2 aromatic rings. The van der Waals surface area contributed by atoms with Crippen LogP contribution in [0.25, 0.3) is 6.08 Å². The molecule has 0 N–H and O–H groups in total. The van der Waals surface area contributed by atoms with Gasteiger partial charge in [-0.15, -0.1) is 5.06 Å². The summed E-state index contributed by atoms with van der Waals surface area (Å²) < 4.78 is 0. The van der Waals surface area contributed by atoms with E-state index in [1.54, 1.807) is 0 Å². The zero-order chi connectivity index (χ0) is 19.7. The van der Waals surface area contributed by atoms with Crippen molar-refractivity contribution in [2.24, 2.45) is 5.92 Å². The maximum Gasteiger partial charge on any atom is 0.112 e. The molecule has 0 aliphatic carbocycles. The average Bonchev–Trinajstić information content (AvgIpc) is 2.71. The van der Waals surface area contributed by atoms with Crippen LogP contribution in [0.1, 0.15) is 71.0 Å². The predicted molar refractivity (Wildman–Crippen MR) is 116 cm³/mol. The molecule has 0 fully saturated rings. The van der Waals surface area contributed by atoms with Gasteiger partial charge in [0.25, 0.3) is 0 Å². The summed E-state index contributed by atoms with van der Waals surface area (Å²) in [5.41, 5.74) is 2.46. The van der Waals surface area contributed by atoms with Crippen LogP contribution in [-0.2, 0) is 4.84 Å². The summed E-state index contributed by atoms with van der Waals surface area (Å²) in [6.45, 7) is 11.4. The number of nitrogens with zero attached hydrogens (tertiary/aromatic N) is 1. The minimum atomic E-state index is 0.00576. The van der Waals surface area contributed by atoms with E-state index in [1.807, 2.05) is 30.5 Å². The van der Waals surface area contributed by atoms with E-state index in [4.69, 9.17) is 4.84 Å². The lowest BCUT2D eigenvalue weighted by molar-refractivity contribution is -0.224. The Bertz CT molecular complexity index is 666. The molecule has 0 saturated heterocycles. The topological polar surface area (TPSA) is 12.5 Å². The monoisotopic (exact) mass is 365 g/mol. The van der Waals surface area contributed by atoms with Gasteiger partial charge in [-0.3, -0.25) is 0 Å². The van der Waals surface area contributed by atoms with Crippen molar-refractivity contribution in [2.45, 2.75) is 65.5 Å². The fraction of sp³-hybridized carbons (Fsp3) is 0.440. The molecule has 2 rings (SSSR count). The first-order valence-corrected chi connectivity index (χ1v) is 10.3. The van der Waals surface area contributed by atoms with Crippen LogP contribution in [-0.4, -0.2) is 10.6 Å². The minimum absolute atomic E-state index is 0.00576. The Hall–Kier alpha value is -2.06. The molecule has 2 aromatic carbocycles. The van der Waals surface area contributed by atoms with E-state index in [1.165, 1.54) is 5.56 Å². The Morgan fingerprint density at radius 2 is 1.37 bits per heavy atom. The Labute approximate surface area is 165 Å². The molecule has 27 heavy (non-hydrogen) atoms. The Balaban J connectivity index is 2.40. The van der Waals surface area contributed by atoms with Gasteiger partial charge in [-0.25, -0.2) is 0 Å². The molecule has 0 saturated carbocycles. The third-order valence-corrected chi connectivity index (χ3v) is 5.70. The summed E-state index contributed by atoms with van der Waals surface area (Å²) in [4.78, 5) is 6.41. The lowest BCUT2D eigenvalue weighted by Gasteiger charge is -2.46. The van der Waals surface area contributed by atoms with E-state index in [2.05, 4.69) is 82.1 Å². The largest absolute Gasteiger partial charge is 0.413 e. The molecule has 0 aliphatic heterocycles. The van der Waals surface area contributed by atoms with Gasteiger partial charge in [-0.1, -0.05) is 95.3 Å². The van der Waals surface area contributed by atoms with Crippen molar-refractivity contribution >= 4 is 6.08 Å². The van der Waals surface area contributed by atoms with Gasteiger partial charge in [-0.2, -0.15) is 0 Å². The molecule has 2 heteroatoms. The Kier molecular flexibility index (Phi) is 8.12. The van der Waals surface area contributed by atoms with Gasteiger partial charge in [0, 0.05) is 0 Å². The molecular formula is C25H35NO. The van der Waals surface area contributed by atoms with Gasteiger partial charge in [0.2, 0.25) is 0 Å². The quantitative estimate of drug-likeness (QED) is 0.324. The third-order valence-electron chi connectivity index (χ3n) is 5.70. The van der Waals surface area contributed by atoms with Crippen LogP contribution in [0, 0.1) is 5.92 Å². The lowest BCUT2D eigenvalue weighted by Crippen LogP contribution is -2.49. The first kappa shape index (κ1) is 21.2. The maximum absolute atomic E-state index is 6.41. The highest BCUT2D eigenvalue weighted by Gasteiger charge is 2.40. The smallest absolute Gasteiger partial charge is 0.112 e. The number of rotatable bonds is 10. The van der Waals surface area contributed by atoms with Gasteiger partial charge in [0.15, 0.2) is 0 Å². The third kappa shape index (κ3) is 5.23. The number of hydrogen-bond acceptors (Lipinski definition) is 2. The van der Waals surface area contributed by atoms with E-state index >= 15 is 0 Å². The summed E-state index contributed by atoms with van der Waals surface area (Å²) in [7, 11) is 0. The maximum atomic E-state index is 6.41. The van der Waals surface area contributed by atoms with Gasteiger partial charge >= 0.3 is 0 Å². The van der Waals surface area contributed by atoms with E-state index < -0.39 is 0 Å². The van der Waals surface area contributed by atoms with Crippen LogP contribution < -0.4 is 0 Å². The van der Waals surface area contributed by atoms with Crippen LogP contribution in [0.3, 0.4) is 0 Å². The highest BCUT2D eigenvalue weighted by Crippen LogP contribution is 2.39. The van der Waals surface area contributed by atoms with Crippen LogP contribution in [0.2, 0.25) is 0 Å². The zero-order valence-electron chi connectivity index (χ0n) is 17.6. The zero-order valence-corrected chi connectivity index (χ0v) is 17.6. The number of hydroxylamine groups is 2. The first-order valence-electron chi connectivity index (χ1n) is 10.3. The standard InChI is InChI=1S/C25H35NO/c1-6-25(7-2,8-3)26(27-20-19-22-15-11-9-12-16-22)24(21(4)5)23-17-13-10-14-18-23/h9-21,24H,6-8H2,1-5H3/b20-19+. The second-order valence-corrected chi connectivity index (χ2v) is 7.53. The van der Waals surface area contributed by atoms with E-state index in [-0.39, 0.29) is 11.6 Å². The van der Waals surface area contributed by atoms with Crippen LogP contribution >= 0.6 is 0 Å². The Morgan fingerprint density at radius 3 is 1.85 bits per heavy atom. The summed E-state index contributed by atoms with van der Waals surface area (Å²) in [5, 5.41) is 2.27. The SMILES string of the molecule is CCC(CC)(CC)N(O/C=C/c1ccccc1)C(c1ccccc1)C(C)C. The molecule has 0 heterocycles. The second kappa shape index (κ2) is 10.3. The van der Waals surface area contributed by atoms with Gasteiger partial charge in [-0.05, 0) is 42.4 Å². The highest BCUT2D eigenvalue weighted by atomic mass is 16.7. The van der Waals surface area contributed by atoms with Crippen LogP contribution in [0.4, 0.5) is 0 Å². The summed E-state index contributed by atoms with van der Waals surface area (Å²) in [5.74, 6) is 0.432. The van der Waals surface area contributed by atoms with Crippen molar-refractivity contribution in [3.05, 3.63) is 78.1 Å². The molecule has 2 nitrogen and oxygen atoms in total. The molecule has 0 aliphatic rings. The summed E-state index contributed by atoms with van der Waals surface area (Å²) in [6, 6.07) is 21.3. The molecule has 0 amide bonds. The molecule has 0 bridgehead atoms. The highest BCUT2D eigenvalue weighted by molar-refractivity contribution is 5.47. The van der Waals surface area contributed by atoms with Crippen molar-refractivity contribution in [3.8, 4) is 0 Å². The molecule has 0 radical (unpaired) electrons. The average molecular weight is 366 g/mol. The molecule has 0 spiro atoms. The van der Waals surface area contributed by atoms with Gasteiger partial charge < -0.3 is 4.84 Å². The normalized spacial score (nSPS) is 13.4. The predicted octanol–water partition coefficient (Wildman–Crippen LogP) is 7.26. The molecule has 0 aromatic heterocycles. The minimum Gasteiger partial charge on any atom is -0.413 e. The fourth-order valence-electron chi connectivity index (χ4n) is 3.87. The van der Waals surface area contributed by atoms with Crippen molar-refractivity contribution < 1.29 is 4.84 Å². The molecule has 1 atom stereocenters. The lowest BCUT2D eigenvalue weighted by atomic mass is 9.84. The van der Waals surface area contributed by atoms with E-state index in [9.17, 15) is 0 Å². The van der Waals surface area contributed by atoms with Crippen molar-refractivity contribution in [1.82, 2.24) is 5.06 Å². The second-order valence-electron chi connectivity index (χ2n) is 7.53. The number of hydrogen-bond donors (Lipinski definition) is 0. The van der Waals surface area contributed by atoms with Crippen molar-refractivity contribution in [1.29, 1.82) is 0 Å². The van der Waals surface area contributed by atoms with Gasteiger partial charge in [0.05, 0.1) is 11.6 Å². The van der Waals surface area contributed by atoms with E-state index in [0.29, 0.717) is 5.92 Å². The first-order chi connectivity index (χ1) is 13.1. The fourth-order valence-corrected chi connectivity index (χ4v) is 3.87. The Morgan fingerprint density at radius 1 is 0.852 bits per heavy atom.